The van der Waals surface area contributed by atoms with Crippen molar-refractivity contribution in [3.05, 3.63) is 0 Å². The van der Waals surface area contributed by atoms with Gasteiger partial charge in [-0.25, -0.2) is 9.13 Å². The second kappa shape index (κ2) is 62.2. The molecule has 3 N–H and O–H groups in total. The van der Waals surface area contributed by atoms with Crippen molar-refractivity contribution in [2.24, 2.45) is 11.8 Å². The smallest absolute Gasteiger partial charge is 0.462 e. The van der Waals surface area contributed by atoms with Crippen LogP contribution in [0.4, 0.5) is 0 Å². The summed E-state index contributed by atoms with van der Waals surface area (Å²) in [5.41, 5.74) is 0. The first-order chi connectivity index (χ1) is 42.9. The summed E-state index contributed by atoms with van der Waals surface area (Å²) in [7, 11) is -9.90. The first-order valence-electron chi connectivity index (χ1n) is 36.5. The van der Waals surface area contributed by atoms with Crippen LogP contribution in [0.15, 0.2) is 0 Å². The number of phosphoric ester groups is 2. The minimum atomic E-state index is -4.95. The number of esters is 4. The first-order valence-corrected chi connectivity index (χ1v) is 39.5. The van der Waals surface area contributed by atoms with Crippen LogP contribution in [0.2, 0.25) is 0 Å². The number of ether oxygens (including phenoxy) is 4. The summed E-state index contributed by atoms with van der Waals surface area (Å²) in [6, 6.07) is 0. The Kier molecular flexibility index (Phi) is 60.8. The zero-order chi connectivity index (χ0) is 65.7. The van der Waals surface area contributed by atoms with Crippen molar-refractivity contribution in [3.8, 4) is 0 Å². The van der Waals surface area contributed by atoms with Gasteiger partial charge in [-0.3, -0.25) is 37.3 Å². The van der Waals surface area contributed by atoms with Crippen molar-refractivity contribution in [3.63, 3.8) is 0 Å². The number of phosphoric acid groups is 2. The van der Waals surface area contributed by atoms with Crippen LogP contribution in [-0.4, -0.2) is 96.7 Å². The summed E-state index contributed by atoms with van der Waals surface area (Å²) in [4.78, 5) is 72.4. The van der Waals surface area contributed by atoms with E-state index in [1.807, 2.05) is 0 Å². The Balaban J connectivity index is 5.16. The van der Waals surface area contributed by atoms with Crippen LogP contribution in [0.5, 0.6) is 0 Å². The van der Waals surface area contributed by atoms with Gasteiger partial charge in [0.1, 0.15) is 19.3 Å². The summed E-state index contributed by atoms with van der Waals surface area (Å²) >= 11 is 0. The molecule has 528 valence electrons. The molecule has 0 aromatic rings. The Morgan fingerprint density at radius 1 is 0.326 bits per heavy atom. The fraction of sp³-hybridized carbons (Fsp3) is 0.943. The Morgan fingerprint density at radius 3 is 0.854 bits per heavy atom. The molecule has 19 heteroatoms. The number of unbranched alkanes of at least 4 members (excludes halogenated alkanes) is 38. The molecule has 0 saturated heterocycles. The minimum Gasteiger partial charge on any atom is -0.462 e. The number of aliphatic hydroxyl groups excluding tert-OH is 1. The molecule has 0 rings (SSSR count). The van der Waals surface area contributed by atoms with E-state index in [9.17, 15) is 43.2 Å². The van der Waals surface area contributed by atoms with Crippen molar-refractivity contribution >= 4 is 39.5 Å². The zero-order valence-electron chi connectivity index (χ0n) is 57.7. The lowest BCUT2D eigenvalue weighted by atomic mass is 10.00. The van der Waals surface area contributed by atoms with E-state index < -0.39 is 97.5 Å². The lowest BCUT2D eigenvalue weighted by Gasteiger charge is -2.21. The van der Waals surface area contributed by atoms with Gasteiger partial charge < -0.3 is 33.8 Å². The largest absolute Gasteiger partial charge is 0.472 e. The van der Waals surface area contributed by atoms with Gasteiger partial charge in [-0.05, 0) is 37.5 Å². The molecule has 6 atom stereocenters. The Hall–Kier alpha value is -1.94. The molecule has 89 heavy (non-hydrogen) atoms. The molecule has 0 heterocycles. The summed E-state index contributed by atoms with van der Waals surface area (Å²) in [5, 5.41) is 10.6. The highest BCUT2D eigenvalue weighted by Crippen LogP contribution is 2.45. The summed E-state index contributed by atoms with van der Waals surface area (Å²) < 4.78 is 68.2. The molecule has 0 aliphatic rings. The van der Waals surface area contributed by atoms with Crippen molar-refractivity contribution in [2.75, 3.05) is 39.6 Å². The van der Waals surface area contributed by atoms with Gasteiger partial charge in [0.05, 0.1) is 26.4 Å². The highest BCUT2D eigenvalue weighted by atomic mass is 31.2. The van der Waals surface area contributed by atoms with Crippen molar-refractivity contribution in [1.82, 2.24) is 0 Å². The highest BCUT2D eigenvalue weighted by Gasteiger charge is 2.30. The van der Waals surface area contributed by atoms with Gasteiger partial charge in [0.25, 0.3) is 0 Å². The van der Waals surface area contributed by atoms with Crippen molar-refractivity contribution in [1.29, 1.82) is 0 Å². The van der Waals surface area contributed by atoms with Gasteiger partial charge >= 0.3 is 39.5 Å². The van der Waals surface area contributed by atoms with E-state index in [4.69, 9.17) is 37.0 Å². The lowest BCUT2D eigenvalue weighted by Crippen LogP contribution is -2.30. The molecule has 3 unspecified atom stereocenters. The Morgan fingerprint density at radius 2 is 0.573 bits per heavy atom. The third kappa shape index (κ3) is 63.2. The molecule has 0 fully saturated rings. The van der Waals surface area contributed by atoms with Crippen molar-refractivity contribution < 1.29 is 80.2 Å². The first kappa shape index (κ1) is 87.1. The predicted molar refractivity (Wildman–Crippen MR) is 358 cm³/mol. The minimum absolute atomic E-state index is 0.103. The van der Waals surface area contributed by atoms with Crippen LogP contribution < -0.4 is 0 Å². The fourth-order valence-electron chi connectivity index (χ4n) is 10.6. The maximum Gasteiger partial charge on any atom is 0.472 e. The van der Waals surface area contributed by atoms with Gasteiger partial charge in [-0.15, -0.1) is 0 Å². The van der Waals surface area contributed by atoms with Crippen LogP contribution in [0.3, 0.4) is 0 Å². The monoisotopic (exact) mass is 1310 g/mol. The number of aliphatic hydroxyl groups is 1. The van der Waals surface area contributed by atoms with Gasteiger partial charge in [0, 0.05) is 25.7 Å². The van der Waals surface area contributed by atoms with Crippen LogP contribution in [0.1, 0.15) is 356 Å². The quantitative estimate of drug-likeness (QED) is 0.0222. The molecule has 0 aromatic heterocycles. The van der Waals surface area contributed by atoms with E-state index in [1.165, 1.54) is 167 Å². The third-order valence-electron chi connectivity index (χ3n) is 16.6. The average Bonchev–Trinajstić information content (AvgIpc) is 3.60. The zero-order valence-corrected chi connectivity index (χ0v) is 59.5. The number of hydrogen-bond acceptors (Lipinski definition) is 15. The van der Waals surface area contributed by atoms with E-state index in [-0.39, 0.29) is 25.7 Å². The molecule has 0 aliphatic carbocycles. The molecule has 17 nitrogen and oxygen atoms in total. The second-order valence-corrected chi connectivity index (χ2v) is 28.9. The molecule has 0 aromatic carbocycles. The molecule has 0 saturated carbocycles. The van der Waals surface area contributed by atoms with Crippen LogP contribution in [-0.2, 0) is 65.4 Å². The molecular formula is C70H136O17P2. The molecular weight excluding hydrogens is 1170 g/mol. The number of carbonyl (C=O) groups excluding carboxylic acids is 4. The standard InChI is InChI=1S/C70H136O17P2/c1-7-10-12-14-16-18-19-20-21-22-23-24-25-26-27-28-30-34-42-48-54-69(74)86-65(58-81-68(73)53-47-41-35-31-32-38-44-50-62(4)5)60-84-88(76,77)82-56-64(71)57-83-89(78,79)85-61-66(59-80-67(72)52-46-40-33-29-17-15-13-11-8-2)87-70(75)55-49-43-37-36-39-45-51-63(6)9-3/h62-66,71H,7-61H2,1-6H3,(H,76,77)(H,78,79)/t63?,64-,65-,66-/m1/s1. The SMILES string of the molecule is CCCCCCCCCCCCCCCCCCCCCCC(=O)O[C@H](COC(=O)CCCCCCCCCC(C)C)COP(=O)(O)OC[C@@H](O)COP(=O)(O)OC[C@@H](COC(=O)CCCCCCCCCCC)OC(=O)CCCCCCCCC(C)CC. The highest BCUT2D eigenvalue weighted by molar-refractivity contribution is 7.47. The lowest BCUT2D eigenvalue weighted by molar-refractivity contribution is -0.161. The second-order valence-electron chi connectivity index (χ2n) is 26.0. The maximum absolute atomic E-state index is 13.0. The van der Waals surface area contributed by atoms with E-state index >= 15 is 0 Å². The molecule has 0 radical (unpaired) electrons. The Labute approximate surface area is 543 Å². The normalized spacial score (nSPS) is 14.4. The topological polar surface area (TPSA) is 237 Å². The predicted octanol–water partition coefficient (Wildman–Crippen LogP) is 20.0. The average molecular weight is 1310 g/mol. The van der Waals surface area contributed by atoms with E-state index in [2.05, 4.69) is 41.5 Å². The van der Waals surface area contributed by atoms with E-state index in [1.54, 1.807) is 0 Å². The number of rotatable bonds is 69. The third-order valence-corrected chi connectivity index (χ3v) is 18.5. The van der Waals surface area contributed by atoms with E-state index in [0.717, 1.165) is 102 Å². The van der Waals surface area contributed by atoms with Gasteiger partial charge in [-0.1, -0.05) is 305 Å². The Bertz CT molecular complexity index is 1740. The maximum atomic E-state index is 13.0. The number of carbonyl (C=O) groups is 4. The van der Waals surface area contributed by atoms with E-state index in [0.29, 0.717) is 31.6 Å². The summed E-state index contributed by atoms with van der Waals surface area (Å²) in [5.74, 6) is -0.705. The fourth-order valence-corrected chi connectivity index (χ4v) is 12.1. The van der Waals surface area contributed by atoms with Gasteiger partial charge in [0.15, 0.2) is 12.2 Å². The summed E-state index contributed by atoms with van der Waals surface area (Å²) in [6.45, 7) is 9.42. The molecule has 0 aliphatic heterocycles. The van der Waals surface area contributed by atoms with Crippen LogP contribution in [0.25, 0.3) is 0 Å². The van der Waals surface area contributed by atoms with Gasteiger partial charge in [0.2, 0.25) is 0 Å². The van der Waals surface area contributed by atoms with Crippen molar-refractivity contribution in [2.45, 2.75) is 374 Å². The van der Waals surface area contributed by atoms with Gasteiger partial charge in [-0.2, -0.15) is 0 Å². The number of hydrogen-bond donors (Lipinski definition) is 3. The molecule has 0 spiro atoms. The van der Waals surface area contributed by atoms with Crippen LogP contribution in [0, 0.1) is 11.8 Å². The summed E-state index contributed by atoms with van der Waals surface area (Å²) in [6.07, 6.45) is 47.5. The van der Waals surface area contributed by atoms with Crippen LogP contribution >= 0.6 is 15.6 Å². The molecule has 0 bridgehead atoms. The molecule has 0 amide bonds.